The largest absolute Gasteiger partial charge is 0.494 e. The fourth-order valence-corrected chi connectivity index (χ4v) is 6.07. The molecule has 0 saturated heterocycles. The van der Waals surface area contributed by atoms with Gasteiger partial charge in [-0.05, 0) is 87.4 Å². The minimum Gasteiger partial charge on any atom is -0.494 e. The van der Waals surface area contributed by atoms with Gasteiger partial charge in [-0.1, -0.05) is 71.6 Å². The summed E-state index contributed by atoms with van der Waals surface area (Å²) in [5, 5.41) is 36.9. The summed E-state index contributed by atoms with van der Waals surface area (Å²) in [7, 11) is 3.09. The first-order chi connectivity index (χ1) is 29.1. The molecule has 0 atom stereocenters. The van der Waals surface area contributed by atoms with Gasteiger partial charge in [0.05, 0.1) is 53.9 Å². The van der Waals surface area contributed by atoms with Crippen LogP contribution in [0.25, 0.3) is 0 Å². The third-order valence-electron chi connectivity index (χ3n) is 10.2. The summed E-state index contributed by atoms with van der Waals surface area (Å²) in [5.74, 6) is 0.705. The molecule has 4 aromatic rings. The maximum absolute atomic E-state index is 12.7. The Morgan fingerprint density at radius 1 is 0.617 bits per heavy atom. The molecule has 0 radical (unpaired) electrons. The topological polar surface area (TPSA) is 165 Å². The maximum atomic E-state index is 12.7. The van der Waals surface area contributed by atoms with Crippen LogP contribution in [0.15, 0.2) is 116 Å². The molecule has 0 aliphatic rings. The van der Waals surface area contributed by atoms with Crippen LogP contribution in [0.1, 0.15) is 98.3 Å². The molecule has 320 valence electrons. The number of nitrogens with zero attached hydrogens (tertiary/aromatic N) is 8. The van der Waals surface area contributed by atoms with Gasteiger partial charge in [-0.25, -0.2) is 0 Å². The number of hydrogen-bond donors (Lipinski definition) is 0. The summed E-state index contributed by atoms with van der Waals surface area (Å²) in [6.45, 7) is 9.90. The van der Waals surface area contributed by atoms with E-state index in [-0.39, 0.29) is 11.7 Å². The number of carbonyl (C=O) groups is 1. The van der Waals surface area contributed by atoms with E-state index >= 15 is 0 Å². The van der Waals surface area contributed by atoms with Gasteiger partial charge in [-0.2, -0.15) is 20.5 Å². The number of benzene rings is 4. The first-order valence-corrected chi connectivity index (χ1v) is 20.9. The first-order valence-electron chi connectivity index (χ1n) is 20.9. The van der Waals surface area contributed by atoms with E-state index in [1.807, 2.05) is 45.0 Å². The zero-order chi connectivity index (χ0) is 43.2. The average molecular weight is 821 g/mol. The van der Waals surface area contributed by atoms with Crippen LogP contribution in [0.3, 0.4) is 0 Å². The molecule has 0 amide bonds. The summed E-state index contributed by atoms with van der Waals surface area (Å²) in [4.78, 5) is 25.3. The van der Waals surface area contributed by atoms with Crippen molar-refractivity contribution in [2.24, 2.45) is 36.1 Å². The zero-order valence-electron chi connectivity index (χ0n) is 36.0. The van der Waals surface area contributed by atoms with Crippen molar-refractivity contribution in [1.29, 1.82) is 0 Å². The molecular formula is C46H60N8O6. The minimum atomic E-state index is -0.504. The lowest BCUT2D eigenvalue weighted by Crippen LogP contribution is -2.32. The van der Waals surface area contributed by atoms with Gasteiger partial charge >= 0.3 is 5.97 Å². The number of azo groups is 3. The van der Waals surface area contributed by atoms with E-state index < -0.39 is 10.3 Å². The predicted molar refractivity (Wildman–Crippen MR) is 237 cm³/mol. The number of nitro groups is 1. The van der Waals surface area contributed by atoms with Gasteiger partial charge in [0.2, 0.25) is 0 Å². The molecule has 0 heterocycles. The molecule has 0 aliphatic heterocycles. The van der Waals surface area contributed by atoms with E-state index in [0.717, 1.165) is 25.1 Å². The number of carbonyl (C=O) groups excluding carboxylic acids is 1. The van der Waals surface area contributed by atoms with Crippen molar-refractivity contribution in [2.75, 3.05) is 38.8 Å². The molecule has 0 bridgehead atoms. The summed E-state index contributed by atoms with van der Waals surface area (Å²) < 4.78 is 17.0. The fraction of sp³-hybridized carbons (Fsp3) is 0.457. The highest BCUT2D eigenvalue weighted by molar-refractivity contribution is 5.75. The van der Waals surface area contributed by atoms with Crippen molar-refractivity contribution < 1.29 is 23.9 Å². The van der Waals surface area contributed by atoms with E-state index in [2.05, 4.69) is 42.5 Å². The predicted octanol–water partition coefficient (Wildman–Crippen LogP) is 14.6. The third-order valence-corrected chi connectivity index (χ3v) is 10.2. The van der Waals surface area contributed by atoms with Crippen LogP contribution in [-0.4, -0.2) is 44.8 Å². The molecule has 14 heteroatoms. The lowest BCUT2D eigenvalue weighted by molar-refractivity contribution is -0.384. The van der Waals surface area contributed by atoms with Crippen molar-refractivity contribution >= 4 is 51.5 Å². The van der Waals surface area contributed by atoms with Gasteiger partial charge in [0.25, 0.3) is 5.69 Å². The quantitative estimate of drug-likeness (QED) is 0.0200. The van der Waals surface area contributed by atoms with E-state index in [1.165, 1.54) is 89.2 Å². The number of hydrogen-bond acceptors (Lipinski definition) is 13. The minimum absolute atomic E-state index is 0.0128. The van der Waals surface area contributed by atoms with Crippen LogP contribution < -0.4 is 14.4 Å². The lowest BCUT2D eigenvalue weighted by Gasteiger charge is -2.26. The molecule has 0 aromatic heterocycles. The van der Waals surface area contributed by atoms with Crippen LogP contribution in [0.5, 0.6) is 11.5 Å². The van der Waals surface area contributed by atoms with Gasteiger partial charge in [0.15, 0.2) is 0 Å². The van der Waals surface area contributed by atoms with Crippen molar-refractivity contribution in [3.63, 3.8) is 0 Å². The number of unbranched alkanes of at least 4 members (excludes halogenated alkanes) is 9. The molecule has 0 aliphatic carbocycles. The molecular weight excluding hydrogens is 761 g/mol. The van der Waals surface area contributed by atoms with Crippen molar-refractivity contribution in [3.8, 4) is 11.5 Å². The second-order valence-electron chi connectivity index (χ2n) is 15.1. The summed E-state index contributed by atoms with van der Waals surface area (Å²) in [5.41, 5.74) is 3.71. The number of ether oxygens (including phenoxy) is 3. The van der Waals surface area contributed by atoms with Crippen LogP contribution in [-0.2, 0) is 9.53 Å². The van der Waals surface area contributed by atoms with Gasteiger partial charge in [-0.15, -0.1) is 10.2 Å². The highest BCUT2D eigenvalue weighted by atomic mass is 16.6. The van der Waals surface area contributed by atoms with Crippen LogP contribution >= 0.6 is 0 Å². The molecule has 4 rings (SSSR count). The zero-order valence-corrected chi connectivity index (χ0v) is 36.0. The summed E-state index contributed by atoms with van der Waals surface area (Å²) in [6, 6.07) is 24.0. The molecule has 0 unspecified atom stereocenters. The Balaban J connectivity index is 1.38. The summed E-state index contributed by atoms with van der Waals surface area (Å²) >= 11 is 0. The SMILES string of the molecule is CCCCCCCCCCCCN(CCOC(=O)C(C)(C)CC)c1ccc(/N=N/c2cc(OC)c(/N=N/c3ccc(/N=N/c4ccc([N+](=O)[O-])cc4)cc3)cc2OC)cc1. The van der Waals surface area contributed by atoms with Gasteiger partial charge in [0, 0.05) is 36.5 Å². The second kappa shape index (κ2) is 24.8. The molecule has 0 saturated carbocycles. The van der Waals surface area contributed by atoms with Gasteiger partial charge in [0.1, 0.15) is 29.5 Å². The molecule has 4 aromatic carbocycles. The highest BCUT2D eigenvalue weighted by Gasteiger charge is 2.27. The number of rotatable bonds is 26. The van der Waals surface area contributed by atoms with Crippen LogP contribution in [0.2, 0.25) is 0 Å². The number of non-ortho nitro benzene ring substituents is 1. The maximum Gasteiger partial charge on any atom is 0.311 e. The van der Waals surface area contributed by atoms with Crippen LogP contribution in [0.4, 0.5) is 45.5 Å². The van der Waals surface area contributed by atoms with Crippen molar-refractivity contribution in [2.45, 2.75) is 98.3 Å². The molecule has 0 N–H and O–H groups in total. The monoisotopic (exact) mass is 820 g/mol. The Bertz CT molecular complexity index is 2020. The standard InChI is InChI=1S/C46H60N8O6/c1-7-9-10-11-12-13-14-15-16-17-30-53(31-32-60-45(55)46(3,4)8-2)39-26-22-38(23-27-39)50-52-42-34-43(58-5)41(33-44(42)59-6)51-49-36-20-18-35(19-21-36)47-48-37-24-28-40(29-25-37)54(56)57/h18-29,33-34H,7-17,30-32H2,1-6H3/b48-47+,51-49+,52-50+. The Hall–Kier alpha value is -6.05. The van der Waals surface area contributed by atoms with Gasteiger partial charge < -0.3 is 19.1 Å². The van der Waals surface area contributed by atoms with Crippen molar-refractivity contribution in [3.05, 3.63) is 95.0 Å². The van der Waals surface area contributed by atoms with Crippen LogP contribution in [0, 0.1) is 15.5 Å². The smallest absolute Gasteiger partial charge is 0.311 e. The second-order valence-corrected chi connectivity index (χ2v) is 15.1. The summed E-state index contributed by atoms with van der Waals surface area (Å²) in [6.07, 6.45) is 13.4. The molecule has 0 spiro atoms. The molecule has 0 fully saturated rings. The first kappa shape index (κ1) is 46.6. The third kappa shape index (κ3) is 15.3. The average Bonchev–Trinajstić information content (AvgIpc) is 3.27. The highest BCUT2D eigenvalue weighted by Crippen LogP contribution is 2.41. The van der Waals surface area contributed by atoms with Crippen molar-refractivity contribution in [1.82, 2.24) is 0 Å². The number of nitro benzene ring substituents is 1. The molecule has 14 nitrogen and oxygen atoms in total. The molecule has 60 heavy (non-hydrogen) atoms. The normalized spacial score (nSPS) is 11.8. The fourth-order valence-electron chi connectivity index (χ4n) is 6.07. The Labute approximate surface area is 354 Å². The Kier molecular flexibility index (Phi) is 19.3. The number of esters is 1. The number of methoxy groups -OCH3 is 2. The van der Waals surface area contributed by atoms with Gasteiger partial charge in [-0.3, -0.25) is 14.9 Å². The van der Waals surface area contributed by atoms with E-state index in [0.29, 0.717) is 58.8 Å². The van der Waals surface area contributed by atoms with E-state index in [9.17, 15) is 14.9 Å². The van der Waals surface area contributed by atoms with E-state index in [1.54, 1.807) is 43.5 Å². The Morgan fingerprint density at radius 2 is 1.03 bits per heavy atom. The number of anilines is 1. The lowest BCUT2D eigenvalue weighted by atomic mass is 9.91. The van der Waals surface area contributed by atoms with E-state index in [4.69, 9.17) is 14.2 Å². The Morgan fingerprint density at radius 3 is 1.47 bits per heavy atom.